The number of alkyl halides is 3. The molecule has 0 spiro atoms. The van der Waals surface area contributed by atoms with Crippen molar-refractivity contribution in [1.82, 2.24) is 10.3 Å². The largest absolute Gasteiger partial charge is 0.401 e. The maximum absolute atomic E-state index is 12.0. The van der Waals surface area contributed by atoms with Gasteiger partial charge in [-0.2, -0.15) is 13.2 Å². The second-order valence-electron chi connectivity index (χ2n) is 4.81. The second kappa shape index (κ2) is 6.18. The molecule has 0 aromatic carbocycles. The van der Waals surface area contributed by atoms with Gasteiger partial charge in [0.2, 0.25) is 0 Å². The van der Waals surface area contributed by atoms with E-state index in [2.05, 4.69) is 31.1 Å². The average Bonchev–Trinajstić information content (AvgIpc) is 2.26. The number of halogens is 3. The van der Waals surface area contributed by atoms with Gasteiger partial charge in [0.15, 0.2) is 0 Å². The predicted molar refractivity (Wildman–Crippen MR) is 65.3 cm³/mol. The van der Waals surface area contributed by atoms with Crippen LogP contribution in [-0.4, -0.2) is 17.7 Å². The molecule has 2 nitrogen and oxygen atoms in total. The zero-order valence-electron chi connectivity index (χ0n) is 10.9. The quantitative estimate of drug-likeness (QED) is 0.876. The monoisotopic (exact) mass is 260 g/mol. The molecule has 1 heterocycles. The molecule has 0 aliphatic rings. The molecule has 1 aromatic heterocycles. The first-order valence-electron chi connectivity index (χ1n) is 6.03. The van der Waals surface area contributed by atoms with Crippen LogP contribution in [0.3, 0.4) is 0 Å². The van der Waals surface area contributed by atoms with E-state index in [0.29, 0.717) is 17.5 Å². The van der Waals surface area contributed by atoms with Crippen LogP contribution in [0.2, 0.25) is 0 Å². The van der Waals surface area contributed by atoms with Crippen LogP contribution in [0.4, 0.5) is 13.2 Å². The normalized spacial score (nSPS) is 13.9. The summed E-state index contributed by atoms with van der Waals surface area (Å²) in [5.74, 6) is 0.753. The van der Waals surface area contributed by atoms with Crippen LogP contribution in [0.1, 0.15) is 38.1 Å². The summed E-state index contributed by atoms with van der Waals surface area (Å²) < 4.78 is 36.0. The van der Waals surface area contributed by atoms with E-state index in [4.69, 9.17) is 0 Å². The molecule has 1 N–H and O–H groups in total. The van der Waals surface area contributed by atoms with Crippen LogP contribution < -0.4 is 5.32 Å². The van der Waals surface area contributed by atoms with E-state index in [9.17, 15) is 13.2 Å². The number of aromatic nitrogens is 1. The fourth-order valence-electron chi connectivity index (χ4n) is 1.52. The highest BCUT2D eigenvalue weighted by molar-refractivity contribution is 5.14. The third kappa shape index (κ3) is 5.04. The van der Waals surface area contributed by atoms with Gasteiger partial charge in [0, 0.05) is 18.2 Å². The minimum absolute atomic E-state index is 0.137. The van der Waals surface area contributed by atoms with Crippen molar-refractivity contribution < 1.29 is 13.2 Å². The van der Waals surface area contributed by atoms with E-state index in [1.54, 1.807) is 6.07 Å². The smallest absolute Gasteiger partial charge is 0.303 e. The molecule has 0 radical (unpaired) electrons. The van der Waals surface area contributed by atoms with Crippen molar-refractivity contribution in [2.45, 2.75) is 39.4 Å². The lowest BCUT2D eigenvalue weighted by Crippen LogP contribution is -2.28. The van der Waals surface area contributed by atoms with Crippen molar-refractivity contribution in [2.75, 3.05) is 6.54 Å². The molecule has 0 aliphatic heterocycles. The predicted octanol–water partition coefficient (Wildman–Crippen LogP) is 3.49. The van der Waals surface area contributed by atoms with Gasteiger partial charge in [-0.3, -0.25) is 4.98 Å². The Hall–Kier alpha value is -1.10. The summed E-state index contributed by atoms with van der Waals surface area (Å²) in [5.41, 5.74) is 1.57. The number of pyridine rings is 1. The van der Waals surface area contributed by atoms with E-state index in [1.807, 2.05) is 12.1 Å². The second-order valence-corrected chi connectivity index (χ2v) is 4.81. The molecule has 0 unspecified atom stereocenters. The fraction of sp³-hybridized carbons (Fsp3) is 0.615. The molecule has 0 bridgehead atoms. The van der Waals surface area contributed by atoms with Gasteiger partial charge in [-0.1, -0.05) is 26.8 Å². The van der Waals surface area contributed by atoms with Crippen molar-refractivity contribution in [2.24, 2.45) is 5.92 Å². The van der Waals surface area contributed by atoms with Gasteiger partial charge < -0.3 is 5.32 Å². The average molecular weight is 260 g/mol. The van der Waals surface area contributed by atoms with Crippen molar-refractivity contribution in [3.63, 3.8) is 0 Å². The lowest BCUT2D eigenvalue weighted by atomic mass is 9.94. The SMILES string of the molecule is CC(C)[C@H](C)c1cccc(CNCC(F)(F)F)n1. The minimum Gasteiger partial charge on any atom is -0.303 e. The Morgan fingerprint density at radius 1 is 1.22 bits per heavy atom. The highest BCUT2D eigenvalue weighted by atomic mass is 19.4. The Bertz CT molecular complexity index is 375. The van der Waals surface area contributed by atoms with Crippen LogP contribution in [0, 0.1) is 5.92 Å². The fourth-order valence-corrected chi connectivity index (χ4v) is 1.52. The van der Waals surface area contributed by atoms with E-state index >= 15 is 0 Å². The number of nitrogens with one attached hydrogen (secondary N) is 1. The van der Waals surface area contributed by atoms with Gasteiger partial charge in [-0.05, 0) is 18.1 Å². The summed E-state index contributed by atoms with van der Waals surface area (Å²) in [4.78, 5) is 4.38. The van der Waals surface area contributed by atoms with Crippen molar-refractivity contribution in [1.29, 1.82) is 0 Å². The standard InChI is InChI=1S/C13H19F3N2/c1-9(2)10(3)12-6-4-5-11(18-12)7-17-8-13(14,15)16/h4-6,9-10,17H,7-8H2,1-3H3/t10-/m0/s1. The molecule has 0 aliphatic carbocycles. The summed E-state index contributed by atoms with van der Waals surface area (Å²) in [6, 6.07) is 5.49. The van der Waals surface area contributed by atoms with Crippen LogP contribution >= 0.6 is 0 Å². The molecule has 0 saturated carbocycles. The van der Waals surface area contributed by atoms with Crippen LogP contribution in [0.15, 0.2) is 18.2 Å². The van der Waals surface area contributed by atoms with E-state index < -0.39 is 12.7 Å². The van der Waals surface area contributed by atoms with Gasteiger partial charge in [0.05, 0.1) is 12.2 Å². The van der Waals surface area contributed by atoms with E-state index in [0.717, 1.165) is 5.69 Å². The summed E-state index contributed by atoms with van der Waals surface area (Å²) in [6.45, 7) is 5.42. The molecule has 0 fully saturated rings. The van der Waals surface area contributed by atoms with Gasteiger partial charge >= 0.3 is 6.18 Å². The first-order chi connectivity index (χ1) is 8.29. The summed E-state index contributed by atoms with van der Waals surface area (Å²) in [5, 5.41) is 2.35. The van der Waals surface area contributed by atoms with Gasteiger partial charge in [-0.25, -0.2) is 0 Å². The van der Waals surface area contributed by atoms with Crippen molar-refractivity contribution >= 4 is 0 Å². The lowest BCUT2D eigenvalue weighted by molar-refractivity contribution is -0.125. The molecule has 0 amide bonds. The van der Waals surface area contributed by atoms with Gasteiger partial charge in [0.1, 0.15) is 0 Å². The Morgan fingerprint density at radius 2 is 1.89 bits per heavy atom. The van der Waals surface area contributed by atoms with E-state index in [-0.39, 0.29) is 6.54 Å². The number of hydrogen-bond donors (Lipinski definition) is 1. The number of rotatable bonds is 5. The first kappa shape index (κ1) is 15.0. The van der Waals surface area contributed by atoms with Crippen molar-refractivity contribution in [3.8, 4) is 0 Å². The third-order valence-corrected chi connectivity index (χ3v) is 2.93. The Morgan fingerprint density at radius 3 is 2.44 bits per heavy atom. The Kier molecular flexibility index (Phi) is 5.14. The number of nitrogens with zero attached hydrogens (tertiary/aromatic N) is 1. The minimum atomic E-state index is -4.18. The van der Waals surface area contributed by atoms with Gasteiger partial charge in [0.25, 0.3) is 0 Å². The molecule has 1 atom stereocenters. The summed E-state index contributed by atoms with van der Waals surface area (Å²) in [6.07, 6.45) is -4.18. The number of hydrogen-bond acceptors (Lipinski definition) is 2. The zero-order valence-corrected chi connectivity index (χ0v) is 10.9. The molecular formula is C13H19F3N2. The molecule has 1 rings (SSSR count). The maximum atomic E-state index is 12.0. The van der Waals surface area contributed by atoms with Gasteiger partial charge in [-0.15, -0.1) is 0 Å². The topological polar surface area (TPSA) is 24.9 Å². The van der Waals surface area contributed by atoms with Crippen molar-refractivity contribution in [3.05, 3.63) is 29.6 Å². The Balaban J connectivity index is 2.60. The van der Waals surface area contributed by atoms with Crippen LogP contribution in [0.5, 0.6) is 0 Å². The van der Waals surface area contributed by atoms with E-state index in [1.165, 1.54) is 0 Å². The molecule has 18 heavy (non-hydrogen) atoms. The highest BCUT2D eigenvalue weighted by Gasteiger charge is 2.26. The molecule has 5 heteroatoms. The molecule has 0 saturated heterocycles. The highest BCUT2D eigenvalue weighted by Crippen LogP contribution is 2.21. The van der Waals surface area contributed by atoms with Crippen LogP contribution in [0.25, 0.3) is 0 Å². The first-order valence-corrected chi connectivity index (χ1v) is 6.03. The molecular weight excluding hydrogens is 241 g/mol. The molecule has 1 aromatic rings. The summed E-state index contributed by atoms with van der Waals surface area (Å²) in [7, 11) is 0. The Labute approximate surface area is 106 Å². The lowest BCUT2D eigenvalue weighted by Gasteiger charge is -2.16. The van der Waals surface area contributed by atoms with Crippen LogP contribution in [-0.2, 0) is 6.54 Å². The zero-order chi connectivity index (χ0) is 13.8. The maximum Gasteiger partial charge on any atom is 0.401 e. The third-order valence-electron chi connectivity index (χ3n) is 2.93. The molecule has 102 valence electrons. The summed E-state index contributed by atoms with van der Waals surface area (Å²) >= 11 is 0.